The summed E-state index contributed by atoms with van der Waals surface area (Å²) in [5.74, 6) is 0.215. The maximum atomic E-state index is 12.5. The first-order chi connectivity index (χ1) is 18.9. The molecule has 3 aromatic carbocycles. The van der Waals surface area contributed by atoms with Crippen LogP contribution < -0.4 is 10.2 Å². The zero-order chi connectivity index (χ0) is 27.4. The predicted octanol–water partition coefficient (Wildman–Crippen LogP) is 6.72. The average Bonchev–Trinajstić information content (AvgIpc) is 3.60. The maximum Gasteiger partial charge on any atom is 0.412 e. The van der Waals surface area contributed by atoms with E-state index in [1.165, 1.54) is 7.11 Å². The molecule has 200 valence electrons. The zero-order valence-corrected chi connectivity index (χ0v) is 22.4. The third-order valence-electron chi connectivity index (χ3n) is 6.84. The van der Waals surface area contributed by atoms with Crippen molar-refractivity contribution in [1.29, 1.82) is 0 Å². The van der Waals surface area contributed by atoms with Crippen LogP contribution in [0.3, 0.4) is 0 Å². The van der Waals surface area contributed by atoms with Gasteiger partial charge in [-0.3, -0.25) is 10.1 Å². The van der Waals surface area contributed by atoms with Gasteiger partial charge in [-0.15, -0.1) is 0 Å². The number of esters is 1. The van der Waals surface area contributed by atoms with Gasteiger partial charge in [0.15, 0.2) is 5.76 Å². The second-order valence-corrected chi connectivity index (χ2v) is 9.75. The van der Waals surface area contributed by atoms with Gasteiger partial charge in [0.1, 0.15) is 18.0 Å². The highest BCUT2D eigenvalue weighted by atomic mass is 35.5. The fraction of sp³-hybridized carbons (Fsp3) is 0.233. The minimum Gasteiger partial charge on any atom is -0.469 e. The van der Waals surface area contributed by atoms with E-state index in [9.17, 15) is 9.59 Å². The molecule has 0 aliphatic carbocycles. The average molecular weight is 546 g/mol. The topological polar surface area (TPSA) is 93.9 Å². The number of hydrogen-bond acceptors (Lipinski definition) is 7. The lowest BCUT2D eigenvalue weighted by atomic mass is 10.0. The number of carbonyl (C=O) groups is 2. The number of methoxy groups -OCH3 is 1. The summed E-state index contributed by atoms with van der Waals surface area (Å²) in [7, 11) is 1.43. The number of carbonyl (C=O) groups excluding carboxylic acids is 2. The molecule has 1 saturated heterocycles. The van der Waals surface area contributed by atoms with Crippen LogP contribution in [0, 0.1) is 12.8 Å². The first-order valence-corrected chi connectivity index (χ1v) is 13.0. The molecule has 1 N–H and O–H groups in total. The summed E-state index contributed by atoms with van der Waals surface area (Å²) in [6.07, 6.45) is 0.169. The third kappa shape index (κ3) is 5.91. The van der Waals surface area contributed by atoms with Gasteiger partial charge in [-0.2, -0.15) is 0 Å². The minimum atomic E-state index is -0.630. The van der Waals surface area contributed by atoms with Crippen LogP contribution in [0.2, 0.25) is 5.02 Å². The molecule has 2 heterocycles. The molecule has 1 fully saturated rings. The van der Waals surface area contributed by atoms with Gasteiger partial charge in [-0.25, -0.2) is 4.79 Å². The Morgan fingerprint density at radius 1 is 1.03 bits per heavy atom. The first kappa shape index (κ1) is 26.3. The van der Waals surface area contributed by atoms with Crippen LogP contribution in [0.5, 0.6) is 0 Å². The van der Waals surface area contributed by atoms with Gasteiger partial charge in [0, 0.05) is 34.9 Å². The van der Waals surface area contributed by atoms with Crippen molar-refractivity contribution in [3.63, 3.8) is 0 Å². The lowest BCUT2D eigenvalue weighted by Gasteiger charge is -2.18. The van der Waals surface area contributed by atoms with Crippen molar-refractivity contribution in [2.24, 2.45) is 5.92 Å². The van der Waals surface area contributed by atoms with E-state index in [0.717, 1.165) is 35.3 Å². The van der Waals surface area contributed by atoms with Gasteiger partial charge in [0.2, 0.25) is 0 Å². The molecule has 1 atom stereocenters. The van der Waals surface area contributed by atoms with E-state index in [1.54, 1.807) is 19.1 Å². The van der Waals surface area contributed by atoms with Crippen LogP contribution >= 0.6 is 11.6 Å². The van der Waals surface area contributed by atoms with Gasteiger partial charge in [0.25, 0.3) is 0 Å². The lowest BCUT2D eigenvalue weighted by Crippen LogP contribution is -2.23. The molecule has 9 heteroatoms. The van der Waals surface area contributed by atoms with Crippen LogP contribution in [0.15, 0.2) is 77.3 Å². The molecule has 0 radical (unpaired) electrons. The Kier molecular flexibility index (Phi) is 7.84. The number of aryl methyl sites for hydroxylation is 1. The van der Waals surface area contributed by atoms with Gasteiger partial charge in [-0.1, -0.05) is 71.4 Å². The Labute approximate surface area is 231 Å². The number of benzene rings is 3. The van der Waals surface area contributed by atoms with E-state index in [1.807, 2.05) is 36.4 Å². The number of rotatable bonds is 7. The monoisotopic (exact) mass is 545 g/mol. The summed E-state index contributed by atoms with van der Waals surface area (Å²) >= 11 is 6.14. The quantitative estimate of drug-likeness (QED) is 0.258. The Morgan fingerprint density at radius 2 is 1.69 bits per heavy atom. The second kappa shape index (κ2) is 11.6. The third-order valence-corrected chi connectivity index (χ3v) is 7.21. The van der Waals surface area contributed by atoms with Gasteiger partial charge >= 0.3 is 12.1 Å². The number of halogens is 1. The Morgan fingerprint density at radius 3 is 2.38 bits per heavy atom. The number of hydrogen-bond donors (Lipinski definition) is 1. The summed E-state index contributed by atoms with van der Waals surface area (Å²) < 4.78 is 15.8. The fourth-order valence-electron chi connectivity index (χ4n) is 4.64. The number of amides is 1. The second-order valence-electron chi connectivity index (χ2n) is 9.34. The number of nitrogens with zero attached hydrogens (tertiary/aromatic N) is 2. The smallest absolute Gasteiger partial charge is 0.412 e. The highest BCUT2D eigenvalue weighted by molar-refractivity contribution is 6.31. The van der Waals surface area contributed by atoms with Crippen molar-refractivity contribution < 1.29 is 23.6 Å². The molecule has 39 heavy (non-hydrogen) atoms. The van der Waals surface area contributed by atoms with E-state index >= 15 is 0 Å². The highest BCUT2D eigenvalue weighted by Gasteiger charge is 2.29. The van der Waals surface area contributed by atoms with Crippen molar-refractivity contribution >= 4 is 35.0 Å². The molecule has 5 rings (SSSR count). The molecule has 1 aliphatic heterocycles. The van der Waals surface area contributed by atoms with Crippen molar-refractivity contribution in [3.8, 4) is 22.5 Å². The van der Waals surface area contributed by atoms with Crippen LogP contribution in [0.1, 0.15) is 17.7 Å². The zero-order valence-electron chi connectivity index (χ0n) is 21.6. The molecular weight excluding hydrogens is 518 g/mol. The van der Waals surface area contributed by atoms with Crippen molar-refractivity contribution in [2.75, 3.05) is 30.4 Å². The van der Waals surface area contributed by atoms with E-state index < -0.39 is 6.09 Å². The first-order valence-electron chi connectivity index (χ1n) is 12.6. The Hall–Kier alpha value is -4.30. The molecule has 1 aliphatic rings. The van der Waals surface area contributed by atoms with E-state index in [0.29, 0.717) is 34.3 Å². The van der Waals surface area contributed by atoms with Crippen molar-refractivity contribution in [2.45, 2.75) is 20.0 Å². The highest BCUT2D eigenvalue weighted by Crippen LogP contribution is 2.33. The number of ether oxygens (including phenoxy) is 2. The van der Waals surface area contributed by atoms with Gasteiger partial charge in [0.05, 0.1) is 13.0 Å². The Bertz CT molecular complexity index is 1470. The van der Waals surface area contributed by atoms with E-state index in [4.69, 9.17) is 25.6 Å². The SMILES string of the molecule is COC(=O)C1CCN(c2ccc(-c3ccc(-c4onc(C)c4NC(=O)OCc4ccccc4Cl)cc3)cc2)C1. The normalized spacial score (nSPS) is 14.7. The molecule has 1 unspecified atom stereocenters. The molecule has 1 aromatic heterocycles. The number of anilines is 2. The molecule has 0 spiro atoms. The number of nitrogens with one attached hydrogen (secondary N) is 1. The van der Waals surface area contributed by atoms with Gasteiger partial charge in [-0.05, 0) is 42.7 Å². The molecule has 1 amide bonds. The van der Waals surface area contributed by atoms with Crippen LogP contribution in [-0.2, 0) is 20.9 Å². The number of aromatic nitrogens is 1. The largest absolute Gasteiger partial charge is 0.469 e. The van der Waals surface area contributed by atoms with Gasteiger partial charge < -0.3 is 18.9 Å². The lowest BCUT2D eigenvalue weighted by molar-refractivity contribution is -0.144. The summed E-state index contributed by atoms with van der Waals surface area (Å²) in [6, 6.07) is 23.3. The van der Waals surface area contributed by atoms with E-state index in [-0.39, 0.29) is 18.5 Å². The fourth-order valence-corrected chi connectivity index (χ4v) is 4.83. The molecule has 0 bridgehead atoms. The molecule has 4 aromatic rings. The van der Waals surface area contributed by atoms with Crippen LogP contribution in [-0.4, -0.2) is 37.4 Å². The predicted molar refractivity (Wildman–Crippen MR) is 150 cm³/mol. The van der Waals surface area contributed by atoms with E-state index in [2.05, 4.69) is 39.6 Å². The molecule has 8 nitrogen and oxygen atoms in total. The van der Waals surface area contributed by atoms with Crippen molar-refractivity contribution in [1.82, 2.24) is 5.16 Å². The summed E-state index contributed by atoms with van der Waals surface area (Å²) in [4.78, 5) is 26.5. The minimum absolute atomic E-state index is 0.0439. The summed E-state index contributed by atoms with van der Waals surface area (Å²) in [6.45, 7) is 3.29. The summed E-state index contributed by atoms with van der Waals surface area (Å²) in [5.41, 5.74) is 5.64. The standard InChI is InChI=1S/C30H28ClN3O5/c1-19-27(32-30(36)38-18-24-5-3-4-6-26(24)31)28(39-33-19)22-9-7-20(8-10-22)21-11-13-25(14-12-21)34-16-15-23(17-34)29(35)37-2/h3-14,23H,15-18H2,1-2H3,(H,32,36). The van der Waals surface area contributed by atoms with Crippen molar-refractivity contribution in [3.05, 3.63) is 89.1 Å². The molecular formula is C30H28ClN3O5. The van der Waals surface area contributed by atoms with Crippen LogP contribution in [0.4, 0.5) is 16.2 Å². The maximum absolute atomic E-state index is 12.5. The Balaban J connectivity index is 1.24. The van der Waals surface area contributed by atoms with Crippen LogP contribution in [0.25, 0.3) is 22.5 Å². The molecule has 0 saturated carbocycles. The summed E-state index contributed by atoms with van der Waals surface area (Å²) in [5, 5.41) is 7.31.